The fraction of sp³-hybridized carbons (Fsp3) is 0.412. The molecule has 1 aliphatic heterocycles. The fourth-order valence-electron chi connectivity index (χ4n) is 5.91. The van der Waals surface area contributed by atoms with Gasteiger partial charge >= 0.3 is 6.09 Å². The monoisotopic (exact) mass is 680 g/mol. The molecule has 0 saturated carbocycles. The van der Waals surface area contributed by atoms with Crippen LogP contribution in [-0.2, 0) is 19.6 Å². The van der Waals surface area contributed by atoms with Crippen LogP contribution >= 0.6 is 0 Å². The van der Waals surface area contributed by atoms with Gasteiger partial charge in [0.2, 0.25) is 15.9 Å². The molecule has 3 atom stereocenters. The Bertz CT molecular complexity index is 1590. The number of nitro benzene ring substituents is 1. The van der Waals surface area contributed by atoms with Crippen LogP contribution in [0.25, 0.3) is 0 Å². The van der Waals surface area contributed by atoms with E-state index in [9.17, 15) is 28.1 Å². The van der Waals surface area contributed by atoms with Gasteiger partial charge in [-0.15, -0.1) is 0 Å². The summed E-state index contributed by atoms with van der Waals surface area (Å²) in [5.41, 5.74) is 8.06. The predicted molar refractivity (Wildman–Crippen MR) is 182 cm³/mol. The quantitative estimate of drug-likeness (QED) is 0.159. The molecule has 258 valence electrons. The van der Waals surface area contributed by atoms with Gasteiger partial charge in [0.25, 0.3) is 5.69 Å². The van der Waals surface area contributed by atoms with Crippen LogP contribution in [0.15, 0.2) is 89.8 Å². The van der Waals surface area contributed by atoms with Crippen molar-refractivity contribution >= 4 is 27.7 Å². The molecule has 1 aliphatic rings. The summed E-state index contributed by atoms with van der Waals surface area (Å²) in [6, 6.07) is 21.6. The minimum absolute atomic E-state index is 0.0367. The topological polar surface area (TPSA) is 177 Å². The van der Waals surface area contributed by atoms with Crippen molar-refractivity contribution in [3.05, 3.63) is 106 Å². The number of nitrogens with two attached hydrogens (primary N) is 1. The normalized spacial score (nSPS) is 17.1. The van der Waals surface area contributed by atoms with Crippen molar-refractivity contribution in [2.24, 2.45) is 11.7 Å². The molecule has 0 spiro atoms. The van der Waals surface area contributed by atoms with Gasteiger partial charge in [-0.2, -0.15) is 4.31 Å². The average molecular weight is 681 g/mol. The number of rotatable bonds is 15. The number of imide groups is 1. The number of methoxy groups -OCH3 is 1. The Morgan fingerprint density at radius 2 is 1.56 bits per heavy atom. The largest absolute Gasteiger partial charge is 0.452 e. The number of sulfonamides is 1. The number of nitrogens with one attached hydrogen (secondary N) is 2. The number of nitro groups is 1. The first-order chi connectivity index (χ1) is 22.9. The summed E-state index contributed by atoms with van der Waals surface area (Å²) in [5.74, 6) is -0.913. The Labute approximate surface area is 281 Å². The lowest BCUT2D eigenvalue weighted by atomic mass is 9.85. The number of hydrogen-bond donors (Lipinski definition) is 3. The Hall–Kier alpha value is -4.21. The van der Waals surface area contributed by atoms with E-state index in [0.717, 1.165) is 16.0 Å². The van der Waals surface area contributed by atoms with E-state index in [0.29, 0.717) is 19.5 Å². The van der Waals surface area contributed by atoms with Crippen LogP contribution in [0, 0.1) is 16.0 Å². The highest BCUT2D eigenvalue weighted by Crippen LogP contribution is 2.29. The lowest BCUT2D eigenvalue weighted by Crippen LogP contribution is -2.55. The summed E-state index contributed by atoms with van der Waals surface area (Å²) in [6.07, 6.45) is -0.250. The smallest absolute Gasteiger partial charge is 0.416 e. The summed E-state index contributed by atoms with van der Waals surface area (Å²) in [4.78, 5) is 38.3. The van der Waals surface area contributed by atoms with Gasteiger partial charge in [0.1, 0.15) is 0 Å². The zero-order valence-corrected chi connectivity index (χ0v) is 28.2. The summed E-state index contributed by atoms with van der Waals surface area (Å²) in [7, 11) is -2.83. The van der Waals surface area contributed by atoms with E-state index in [1.54, 1.807) is 0 Å². The van der Waals surface area contributed by atoms with Crippen molar-refractivity contribution in [2.75, 3.05) is 39.8 Å². The van der Waals surface area contributed by atoms with Gasteiger partial charge in [0.05, 0.1) is 29.0 Å². The van der Waals surface area contributed by atoms with Gasteiger partial charge in [0.15, 0.2) is 0 Å². The van der Waals surface area contributed by atoms with Crippen LogP contribution in [0.4, 0.5) is 10.5 Å². The fourth-order valence-corrected chi connectivity index (χ4v) is 7.59. The highest BCUT2D eigenvalue weighted by atomic mass is 32.2. The van der Waals surface area contributed by atoms with E-state index in [1.165, 1.54) is 35.7 Å². The lowest BCUT2D eigenvalue weighted by Gasteiger charge is -2.33. The minimum atomic E-state index is -4.03. The molecule has 0 radical (unpaired) electrons. The molecule has 0 unspecified atom stereocenters. The average Bonchev–Trinajstić information content (AvgIpc) is 3.54. The van der Waals surface area contributed by atoms with Crippen molar-refractivity contribution < 1.29 is 27.7 Å². The molecule has 0 aromatic heterocycles. The standard InChI is InChI=1S/C34H44N6O7S/c1-24(2)18-20-39(48(45,46)28-16-14-27(15-17-28)40(43)44)30-23-36-22-29(30)37-19-21-38(34(42)47-3)33(41)32(35)31(25-10-6-4-7-11-25)26-12-8-5-9-13-26/h4-17,24,29-32,36-37H,18-23,35H2,1-3H3/t29-,30-,32+/m1/s1. The number of nitrogens with zero attached hydrogens (tertiary/aromatic N) is 3. The number of benzene rings is 3. The maximum absolute atomic E-state index is 13.9. The highest BCUT2D eigenvalue weighted by molar-refractivity contribution is 7.89. The van der Waals surface area contributed by atoms with Gasteiger partial charge in [0, 0.05) is 56.8 Å². The van der Waals surface area contributed by atoms with E-state index in [1.807, 2.05) is 74.5 Å². The number of hydrogen-bond acceptors (Lipinski definition) is 10. The molecule has 4 N–H and O–H groups in total. The third kappa shape index (κ3) is 8.82. The van der Waals surface area contributed by atoms with Gasteiger partial charge < -0.3 is 21.1 Å². The van der Waals surface area contributed by atoms with E-state index in [4.69, 9.17) is 10.5 Å². The third-order valence-corrected chi connectivity index (χ3v) is 10.4. The number of non-ortho nitro benzene ring substituents is 1. The maximum atomic E-state index is 13.9. The first kappa shape index (κ1) is 36.6. The van der Waals surface area contributed by atoms with Crippen molar-refractivity contribution in [2.45, 2.75) is 49.2 Å². The summed E-state index contributed by atoms with van der Waals surface area (Å²) < 4.78 is 34.2. The summed E-state index contributed by atoms with van der Waals surface area (Å²) >= 11 is 0. The molecule has 1 fully saturated rings. The minimum Gasteiger partial charge on any atom is -0.452 e. The Morgan fingerprint density at radius 1 is 0.979 bits per heavy atom. The Morgan fingerprint density at radius 3 is 2.08 bits per heavy atom. The van der Waals surface area contributed by atoms with Crippen LogP contribution in [-0.4, -0.2) is 92.5 Å². The van der Waals surface area contributed by atoms with Gasteiger partial charge in [-0.3, -0.25) is 14.9 Å². The van der Waals surface area contributed by atoms with Crippen molar-refractivity contribution in [1.29, 1.82) is 0 Å². The molecule has 0 bridgehead atoms. The van der Waals surface area contributed by atoms with Gasteiger partial charge in [-0.1, -0.05) is 74.5 Å². The SMILES string of the molecule is COC(=O)N(CCN[C@@H]1CNC[C@H]1N(CCC(C)C)S(=O)(=O)c1ccc([N+](=O)[O-])cc1)C(=O)[C@@H](N)C(c1ccccc1)c1ccccc1. The van der Waals surface area contributed by atoms with Crippen LogP contribution in [0.1, 0.15) is 37.3 Å². The molecule has 1 saturated heterocycles. The predicted octanol–water partition coefficient (Wildman–Crippen LogP) is 3.32. The van der Waals surface area contributed by atoms with E-state index >= 15 is 0 Å². The molecule has 14 heteroatoms. The molecule has 3 aromatic carbocycles. The van der Waals surface area contributed by atoms with Gasteiger partial charge in [-0.25, -0.2) is 18.1 Å². The van der Waals surface area contributed by atoms with E-state index in [-0.39, 0.29) is 42.2 Å². The zero-order chi connectivity index (χ0) is 34.8. The first-order valence-corrected chi connectivity index (χ1v) is 17.3. The number of amides is 2. The molecule has 2 amide bonds. The first-order valence-electron chi connectivity index (χ1n) is 15.9. The highest BCUT2D eigenvalue weighted by Gasteiger charge is 2.40. The zero-order valence-electron chi connectivity index (χ0n) is 27.4. The van der Waals surface area contributed by atoms with Gasteiger partial charge in [-0.05, 0) is 35.6 Å². The molecule has 3 aromatic rings. The second kappa shape index (κ2) is 16.8. The number of carbonyl (C=O) groups excluding carboxylic acids is 2. The van der Waals surface area contributed by atoms with Crippen LogP contribution in [0.2, 0.25) is 0 Å². The molecular weight excluding hydrogens is 636 g/mol. The molecule has 4 rings (SSSR count). The van der Waals surface area contributed by atoms with Crippen LogP contribution in [0.5, 0.6) is 0 Å². The van der Waals surface area contributed by atoms with Crippen molar-refractivity contribution in [1.82, 2.24) is 19.8 Å². The van der Waals surface area contributed by atoms with E-state index < -0.39 is 44.9 Å². The number of carbonyl (C=O) groups is 2. The van der Waals surface area contributed by atoms with Crippen LogP contribution < -0.4 is 16.4 Å². The second-order valence-electron chi connectivity index (χ2n) is 12.1. The van der Waals surface area contributed by atoms with Crippen LogP contribution in [0.3, 0.4) is 0 Å². The summed E-state index contributed by atoms with van der Waals surface area (Å²) in [5, 5.41) is 17.7. The summed E-state index contributed by atoms with van der Waals surface area (Å²) in [6.45, 7) is 5.12. The number of ether oxygens (including phenoxy) is 1. The molecule has 1 heterocycles. The Kier molecular flexibility index (Phi) is 12.8. The maximum Gasteiger partial charge on any atom is 0.416 e. The van der Waals surface area contributed by atoms with Crippen molar-refractivity contribution in [3.63, 3.8) is 0 Å². The Balaban J connectivity index is 1.52. The molecule has 13 nitrogen and oxygen atoms in total. The molecule has 48 heavy (non-hydrogen) atoms. The lowest BCUT2D eigenvalue weighted by molar-refractivity contribution is -0.384. The van der Waals surface area contributed by atoms with E-state index in [2.05, 4.69) is 10.6 Å². The molecule has 0 aliphatic carbocycles. The third-order valence-electron chi connectivity index (χ3n) is 8.50. The second-order valence-corrected chi connectivity index (χ2v) is 14.0. The van der Waals surface area contributed by atoms with Crippen molar-refractivity contribution in [3.8, 4) is 0 Å². The molecular formula is C34H44N6O7S.